The van der Waals surface area contributed by atoms with Crippen molar-refractivity contribution < 1.29 is 0 Å². The van der Waals surface area contributed by atoms with Crippen LogP contribution in [0, 0.1) is 17.8 Å². The molecule has 7 rings (SSSR count). The molecule has 4 aliphatic carbocycles. The number of hydrogen-bond acceptors (Lipinski definition) is 3. The van der Waals surface area contributed by atoms with Gasteiger partial charge in [-0.25, -0.2) is 0 Å². The Kier molecular flexibility index (Phi) is 10.1. The molecular weight excluding hydrogens is 426 g/mol. The molecule has 0 N–H and O–H groups in total. The first kappa shape index (κ1) is 27.9. The standard InChI is InChI=1S/C15H25N.C9H19N.C8H17N/c1-2-4-16(5-3-1)15-9-12-6-13(10-15)8-14(7-12)11-15;1-9(2,3)10-7-5-4-6-8-10;1-8(2)9-6-4-3-5-7-9/h12-14H,1-11H2;4-8H2,1-3H3;8H,3-7H2,1-2H3. The van der Waals surface area contributed by atoms with Crippen LogP contribution >= 0.6 is 0 Å². The predicted octanol–water partition coefficient (Wildman–Crippen LogP) is 7.59. The van der Waals surface area contributed by atoms with E-state index in [0.717, 1.165) is 23.8 Å². The fourth-order valence-corrected chi connectivity index (χ4v) is 8.82. The molecule has 3 nitrogen and oxygen atoms in total. The van der Waals surface area contributed by atoms with Gasteiger partial charge in [-0.05, 0) is 169 Å². The minimum atomic E-state index is 0.403. The highest BCUT2D eigenvalue weighted by Crippen LogP contribution is 2.58. The topological polar surface area (TPSA) is 9.72 Å². The molecule has 3 aliphatic heterocycles. The third-order valence-corrected chi connectivity index (χ3v) is 10.5. The van der Waals surface area contributed by atoms with E-state index in [1.807, 2.05) is 0 Å². The van der Waals surface area contributed by atoms with Crippen molar-refractivity contribution in [3.8, 4) is 0 Å². The lowest BCUT2D eigenvalue weighted by atomic mass is 9.52. The monoisotopic (exact) mass is 487 g/mol. The van der Waals surface area contributed by atoms with E-state index in [9.17, 15) is 0 Å². The maximum atomic E-state index is 2.93. The van der Waals surface area contributed by atoms with E-state index in [2.05, 4.69) is 49.3 Å². The van der Waals surface area contributed by atoms with Crippen LogP contribution in [0.3, 0.4) is 0 Å². The van der Waals surface area contributed by atoms with Crippen LogP contribution in [0.2, 0.25) is 0 Å². The number of likely N-dealkylation sites (tertiary alicyclic amines) is 3. The summed E-state index contributed by atoms with van der Waals surface area (Å²) in [6, 6.07) is 0.769. The van der Waals surface area contributed by atoms with Gasteiger partial charge >= 0.3 is 0 Å². The van der Waals surface area contributed by atoms with Crippen LogP contribution in [0.25, 0.3) is 0 Å². The van der Waals surface area contributed by atoms with Crippen molar-refractivity contribution in [2.24, 2.45) is 17.8 Å². The Bertz CT molecular complexity index is 568. The third-order valence-electron chi connectivity index (χ3n) is 10.5. The van der Waals surface area contributed by atoms with Gasteiger partial charge in [0.15, 0.2) is 0 Å². The van der Waals surface area contributed by atoms with Gasteiger partial charge in [0.05, 0.1) is 0 Å². The lowest BCUT2D eigenvalue weighted by molar-refractivity contribution is -0.0941. The molecule has 7 fully saturated rings. The lowest BCUT2D eigenvalue weighted by Gasteiger charge is -2.61. The Morgan fingerprint density at radius 1 is 0.571 bits per heavy atom. The van der Waals surface area contributed by atoms with Crippen LogP contribution in [0.15, 0.2) is 0 Å². The summed E-state index contributed by atoms with van der Waals surface area (Å²) >= 11 is 0. The zero-order chi connectivity index (χ0) is 24.9. The Morgan fingerprint density at radius 3 is 1.31 bits per heavy atom. The molecule has 0 aromatic carbocycles. The summed E-state index contributed by atoms with van der Waals surface area (Å²) in [6.07, 6.45) is 22.4. The SMILES string of the molecule is C1CCN(C23CC4CC(CC(C4)C2)C3)CC1.CC(C)(C)N1CCCCC1.CC(C)N1CCCCC1. The maximum absolute atomic E-state index is 2.93. The first-order chi connectivity index (χ1) is 16.7. The normalized spacial score (nSPS) is 36.3. The number of piperidine rings is 3. The van der Waals surface area contributed by atoms with E-state index in [0.29, 0.717) is 11.1 Å². The number of hydrogen-bond donors (Lipinski definition) is 0. The van der Waals surface area contributed by atoms with Gasteiger partial charge in [-0.3, -0.25) is 9.80 Å². The highest BCUT2D eigenvalue weighted by Gasteiger charge is 2.53. The largest absolute Gasteiger partial charge is 0.301 e. The van der Waals surface area contributed by atoms with Crippen LogP contribution in [-0.4, -0.2) is 71.1 Å². The Morgan fingerprint density at radius 2 is 0.971 bits per heavy atom. The van der Waals surface area contributed by atoms with Crippen LogP contribution in [0.4, 0.5) is 0 Å². The molecule has 7 aliphatic rings. The van der Waals surface area contributed by atoms with Crippen molar-refractivity contribution in [1.29, 1.82) is 0 Å². The quantitative estimate of drug-likeness (QED) is 0.397. The molecule has 204 valence electrons. The molecule has 0 aromatic heterocycles. The summed E-state index contributed by atoms with van der Waals surface area (Å²) < 4.78 is 0. The van der Waals surface area contributed by atoms with Crippen LogP contribution < -0.4 is 0 Å². The van der Waals surface area contributed by atoms with Crippen LogP contribution in [0.1, 0.15) is 131 Å². The van der Waals surface area contributed by atoms with Gasteiger partial charge in [0, 0.05) is 17.1 Å². The van der Waals surface area contributed by atoms with Crippen LogP contribution in [0.5, 0.6) is 0 Å². The molecule has 3 saturated heterocycles. The highest BCUT2D eigenvalue weighted by molar-refractivity contribution is 5.07. The molecule has 0 spiro atoms. The molecule has 3 heteroatoms. The summed E-state index contributed by atoms with van der Waals surface area (Å²) in [5.41, 5.74) is 1.11. The molecule has 4 saturated carbocycles. The minimum Gasteiger partial charge on any atom is -0.301 e. The van der Waals surface area contributed by atoms with Crippen LogP contribution in [-0.2, 0) is 0 Å². The van der Waals surface area contributed by atoms with Crippen molar-refractivity contribution in [1.82, 2.24) is 14.7 Å². The summed E-state index contributed by atoms with van der Waals surface area (Å²) in [4.78, 5) is 8.07. The van der Waals surface area contributed by atoms with Gasteiger partial charge in [-0.1, -0.05) is 19.3 Å². The maximum Gasteiger partial charge on any atom is 0.0217 e. The number of rotatable bonds is 2. The summed E-state index contributed by atoms with van der Waals surface area (Å²) in [6.45, 7) is 19.6. The number of nitrogens with zero attached hydrogens (tertiary/aromatic N) is 3. The second kappa shape index (κ2) is 12.6. The first-order valence-corrected chi connectivity index (χ1v) is 16.0. The minimum absolute atomic E-state index is 0.403. The average molecular weight is 488 g/mol. The zero-order valence-corrected chi connectivity index (χ0v) is 24.5. The van der Waals surface area contributed by atoms with Gasteiger partial charge in [0.25, 0.3) is 0 Å². The predicted molar refractivity (Wildman–Crippen MR) is 152 cm³/mol. The van der Waals surface area contributed by atoms with Gasteiger partial charge in [-0.2, -0.15) is 0 Å². The summed E-state index contributed by atoms with van der Waals surface area (Å²) in [5.74, 6) is 3.36. The van der Waals surface area contributed by atoms with E-state index < -0.39 is 0 Å². The average Bonchev–Trinajstić information content (AvgIpc) is 2.85. The Hall–Kier alpha value is -0.120. The van der Waals surface area contributed by atoms with Gasteiger partial charge in [0.2, 0.25) is 0 Å². The first-order valence-electron chi connectivity index (χ1n) is 16.0. The molecule has 0 unspecified atom stereocenters. The van der Waals surface area contributed by atoms with Crippen molar-refractivity contribution in [2.45, 2.75) is 148 Å². The fourth-order valence-electron chi connectivity index (χ4n) is 8.82. The summed E-state index contributed by atoms with van der Waals surface area (Å²) in [7, 11) is 0. The van der Waals surface area contributed by atoms with E-state index in [1.165, 1.54) is 97.1 Å². The molecule has 0 radical (unpaired) electrons. The Balaban J connectivity index is 0.000000133. The van der Waals surface area contributed by atoms with E-state index >= 15 is 0 Å². The van der Waals surface area contributed by atoms with Gasteiger partial charge in [-0.15, -0.1) is 0 Å². The Labute approximate surface area is 219 Å². The molecule has 0 amide bonds. The smallest absolute Gasteiger partial charge is 0.0217 e. The molecule has 0 atom stereocenters. The van der Waals surface area contributed by atoms with E-state index in [4.69, 9.17) is 0 Å². The van der Waals surface area contributed by atoms with Crippen molar-refractivity contribution in [3.63, 3.8) is 0 Å². The van der Waals surface area contributed by atoms with Crippen molar-refractivity contribution in [2.75, 3.05) is 39.3 Å². The molecular formula is C32H61N3. The highest BCUT2D eigenvalue weighted by atomic mass is 15.2. The van der Waals surface area contributed by atoms with Crippen molar-refractivity contribution >= 4 is 0 Å². The van der Waals surface area contributed by atoms with E-state index in [-0.39, 0.29) is 0 Å². The third kappa shape index (κ3) is 7.70. The summed E-state index contributed by atoms with van der Waals surface area (Å²) in [5, 5.41) is 0. The molecule has 4 bridgehead atoms. The lowest BCUT2D eigenvalue weighted by Crippen LogP contribution is -2.60. The fraction of sp³-hybridized carbons (Fsp3) is 1.00. The molecule has 3 heterocycles. The van der Waals surface area contributed by atoms with E-state index in [1.54, 1.807) is 38.5 Å². The zero-order valence-electron chi connectivity index (χ0n) is 24.5. The van der Waals surface area contributed by atoms with Gasteiger partial charge < -0.3 is 4.90 Å². The van der Waals surface area contributed by atoms with Gasteiger partial charge in [0.1, 0.15) is 0 Å². The molecule has 35 heavy (non-hydrogen) atoms. The molecule has 0 aromatic rings. The second-order valence-corrected chi connectivity index (χ2v) is 14.6. The second-order valence-electron chi connectivity index (χ2n) is 14.6. The van der Waals surface area contributed by atoms with Crippen molar-refractivity contribution in [3.05, 3.63) is 0 Å².